The lowest BCUT2D eigenvalue weighted by Crippen LogP contribution is -2.02. The first-order valence-electron chi connectivity index (χ1n) is 18.0. The molecule has 8 aromatic carbocycles. The molecule has 0 amide bonds. The second-order valence-electron chi connectivity index (χ2n) is 13.6. The van der Waals surface area contributed by atoms with E-state index in [1.54, 1.807) is 6.07 Å². The number of fused-ring (bicyclic) bond motifs is 6. The van der Waals surface area contributed by atoms with Crippen molar-refractivity contribution in [2.75, 3.05) is 0 Å². The molecule has 0 aliphatic heterocycles. The van der Waals surface area contributed by atoms with Gasteiger partial charge in [-0.25, -0.2) is 0 Å². The zero-order valence-corrected chi connectivity index (χ0v) is 29.1. The van der Waals surface area contributed by atoms with E-state index >= 15 is 0 Å². The summed E-state index contributed by atoms with van der Waals surface area (Å²) in [7, 11) is 0. The van der Waals surface area contributed by atoms with Gasteiger partial charge in [-0.15, -0.1) is 0 Å². The smallest absolute Gasteiger partial charge is 0.101 e. The van der Waals surface area contributed by atoms with E-state index in [0.717, 1.165) is 61.2 Å². The Morgan fingerprint density at radius 2 is 0.815 bits per heavy atom. The van der Waals surface area contributed by atoms with Crippen molar-refractivity contribution in [1.29, 1.82) is 10.5 Å². The van der Waals surface area contributed by atoms with Crippen LogP contribution in [0.25, 0.3) is 88.4 Å². The Morgan fingerprint density at radius 3 is 1.37 bits per heavy atom. The maximum absolute atomic E-state index is 9.93. The number of hydrogen-bond donors (Lipinski definition) is 0. The van der Waals surface area contributed by atoms with Crippen molar-refractivity contribution in [3.05, 3.63) is 193 Å². The number of rotatable bonds is 5. The van der Waals surface area contributed by atoms with E-state index in [9.17, 15) is 10.5 Å². The molecule has 2 heterocycles. The third-order valence-corrected chi connectivity index (χ3v) is 10.6. The van der Waals surface area contributed by atoms with Crippen molar-refractivity contribution in [2.24, 2.45) is 0 Å². The molecule has 250 valence electrons. The van der Waals surface area contributed by atoms with Crippen LogP contribution in [-0.2, 0) is 0 Å². The molecule has 0 radical (unpaired) electrons. The Kier molecular flexibility index (Phi) is 7.22. The molecule has 0 atom stereocenters. The lowest BCUT2D eigenvalue weighted by molar-refractivity contribution is 1.17. The van der Waals surface area contributed by atoms with Gasteiger partial charge in [-0.3, -0.25) is 0 Å². The molecule has 0 N–H and O–H groups in total. The van der Waals surface area contributed by atoms with E-state index in [2.05, 4.69) is 173 Å². The van der Waals surface area contributed by atoms with Gasteiger partial charge in [0.25, 0.3) is 0 Å². The number of hydrogen-bond acceptors (Lipinski definition) is 2. The average Bonchev–Trinajstić information content (AvgIpc) is 3.76. The van der Waals surface area contributed by atoms with Gasteiger partial charge in [0.05, 0.1) is 38.9 Å². The highest BCUT2D eigenvalue weighted by Gasteiger charge is 2.22. The maximum Gasteiger partial charge on any atom is 0.101 e. The van der Waals surface area contributed by atoms with Crippen molar-refractivity contribution in [3.8, 4) is 56.9 Å². The Labute approximate surface area is 312 Å². The highest BCUT2D eigenvalue weighted by molar-refractivity contribution is 6.13. The molecule has 0 unspecified atom stereocenters. The third-order valence-electron chi connectivity index (χ3n) is 10.6. The van der Waals surface area contributed by atoms with E-state index in [4.69, 9.17) is 0 Å². The van der Waals surface area contributed by atoms with Crippen molar-refractivity contribution >= 4 is 43.6 Å². The molecule has 0 bridgehead atoms. The van der Waals surface area contributed by atoms with E-state index in [1.807, 2.05) is 24.3 Å². The van der Waals surface area contributed by atoms with Crippen molar-refractivity contribution < 1.29 is 0 Å². The van der Waals surface area contributed by atoms with Crippen molar-refractivity contribution in [3.63, 3.8) is 0 Å². The summed E-state index contributed by atoms with van der Waals surface area (Å²) >= 11 is 0. The van der Waals surface area contributed by atoms with Gasteiger partial charge in [-0.1, -0.05) is 121 Å². The molecule has 54 heavy (non-hydrogen) atoms. The Morgan fingerprint density at radius 1 is 0.333 bits per heavy atom. The van der Waals surface area contributed by atoms with Crippen LogP contribution in [0.2, 0.25) is 0 Å². The van der Waals surface area contributed by atoms with Crippen molar-refractivity contribution in [2.45, 2.75) is 0 Å². The summed E-state index contributed by atoms with van der Waals surface area (Å²) in [4.78, 5) is 0. The van der Waals surface area contributed by atoms with Crippen LogP contribution < -0.4 is 0 Å². The van der Waals surface area contributed by atoms with Gasteiger partial charge >= 0.3 is 0 Å². The summed E-state index contributed by atoms with van der Waals surface area (Å²) in [6, 6.07) is 68.2. The third kappa shape index (κ3) is 4.83. The standard InChI is InChI=1S/C50H30N4/c51-31-36-24-23-35(27-38(36)32-52)37-28-43(33-13-3-1-4-14-33)50(44(29-37)34-15-5-2-6-16-34)54-48-22-12-9-19-42(48)45-30-39(25-26-49(45)54)53-46-20-10-7-17-40(46)41-18-8-11-21-47(41)53/h1-30H. The molecule has 10 rings (SSSR count). The van der Waals surface area contributed by atoms with E-state index in [0.29, 0.717) is 11.1 Å². The highest BCUT2D eigenvalue weighted by Crippen LogP contribution is 2.44. The minimum atomic E-state index is 0.364. The average molecular weight is 687 g/mol. The molecule has 4 heteroatoms. The van der Waals surface area contributed by atoms with Crippen LogP contribution in [0.4, 0.5) is 0 Å². The molecule has 2 aromatic heterocycles. The zero-order chi connectivity index (χ0) is 36.2. The largest absolute Gasteiger partial charge is 0.309 e. The van der Waals surface area contributed by atoms with Gasteiger partial charge in [0.15, 0.2) is 0 Å². The van der Waals surface area contributed by atoms with Crippen molar-refractivity contribution in [1.82, 2.24) is 9.13 Å². The number of aromatic nitrogens is 2. The summed E-state index contributed by atoms with van der Waals surface area (Å²) in [5.74, 6) is 0. The van der Waals surface area contributed by atoms with Crippen LogP contribution in [0, 0.1) is 22.7 Å². The fourth-order valence-electron chi connectivity index (χ4n) is 8.17. The lowest BCUT2D eigenvalue weighted by Gasteiger charge is -2.21. The number of nitriles is 2. The van der Waals surface area contributed by atoms with Gasteiger partial charge in [0, 0.05) is 38.4 Å². The molecule has 0 aliphatic rings. The first-order valence-corrected chi connectivity index (χ1v) is 18.0. The Hall–Kier alpha value is -7.66. The second kappa shape index (κ2) is 12.5. The Balaban J connectivity index is 1.31. The molecule has 0 aliphatic carbocycles. The van der Waals surface area contributed by atoms with Crippen LogP contribution >= 0.6 is 0 Å². The predicted octanol–water partition coefficient (Wildman–Crippen LogP) is 12.6. The maximum atomic E-state index is 9.93. The normalized spacial score (nSPS) is 11.3. The molecular weight excluding hydrogens is 657 g/mol. The molecule has 0 saturated heterocycles. The van der Waals surface area contributed by atoms with Gasteiger partial charge in [-0.2, -0.15) is 10.5 Å². The van der Waals surface area contributed by atoms with Gasteiger partial charge in [0.2, 0.25) is 0 Å². The zero-order valence-electron chi connectivity index (χ0n) is 29.1. The SMILES string of the molecule is N#Cc1ccc(-c2cc(-c3ccccc3)c(-n3c4ccccc4c4cc(-n5c6ccccc6c6ccccc65)ccc43)c(-c3ccccc3)c2)cc1C#N. The summed E-state index contributed by atoms with van der Waals surface area (Å²) in [5, 5.41) is 24.4. The van der Waals surface area contributed by atoms with Crippen LogP contribution in [0.5, 0.6) is 0 Å². The Bertz CT molecular complexity index is 3060. The van der Waals surface area contributed by atoms with Gasteiger partial charge in [0.1, 0.15) is 12.1 Å². The first kappa shape index (κ1) is 31.1. The van der Waals surface area contributed by atoms with Crippen LogP contribution in [-0.4, -0.2) is 9.13 Å². The summed E-state index contributed by atoms with van der Waals surface area (Å²) in [6.45, 7) is 0. The van der Waals surface area contributed by atoms with Crippen LogP contribution in [0.3, 0.4) is 0 Å². The fourth-order valence-corrected chi connectivity index (χ4v) is 8.17. The highest BCUT2D eigenvalue weighted by atomic mass is 15.0. The van der Waals surface area contributed by atoms with E-state index in [-0.39, 0.29) is 0 Å². The first-order chi connectivity index (χ1) is 26.7. The summed E-state index contributed by atoms with van der Waals surface area (Å²) in [5.41, 5.74) is 13.6. The number of benzene rings is 8. The molecule has 4 nitrogen and oxygen atoms in total. The molecule has 0 fully saturated rings. The number of para-hydroxylation sites is 3. The minimum absolute atomic E-state index is 0.364. The minimum Gasteiger partial charge on any atom is -0.309 e. The van der Waals surface area contributed by atoms with Crippen LogP contribution in [0.1, 0.15) is 11.1 Å². The van der Waals surface area contributed by atoms with E-state index < -0.39 is 0 Å². The molecule has 10 aromatic rings. The number of nitrogens with zero attached hydrogens (tertiary/aromatic N) is 4. The van der Waals surface area contributed by atoms with E-state index in [1.165, 1.54) is 27.2 Å². The van der Waals surface area contributed by atoms with Crippen LogP contribution in [0.15, 0.2) is 182 Å². The van der Waals surface area contributed by atoms with Gasteiger partial charge < -0.3 is 9.13 Å². The molecule has 0 saturated carbocycles. The summed E-state index contributed by atoms with van der Waals surface area (Å²) in [6.07, 6.45) is 0. The fraction of sp³-hybridized carbons (Fsp3) is 0. The molecular formula is C50H30N4. The lowest BCUT2D eigenvalue weighted by atomic mass is 9.90. The second-order valence-corrected chi connectivity index (χ2v) is 13.6. The molecule has 0 spiro atoms. The quantitative estimate of drug-likeness (QED) is 0.181. The summed E-state index contributed by atoms with van der Waals surface area (Å²) < 4.78 is 4.80. The predicted molar refractivity (Wildman–Crippen MR) is 221 cm³/mol. The van der Waals surface area contributed by atoms with Gasteiger partial charge in [-0.05, 0) is 82.9 Å². The topological polar surface area (TPSA) is 57.4 Å². The monoisotopic (exact) mass is 686 g/mol.